The first kappa shape index (κ1) is 16.6. The normalized spacial score (nSPS) is 15.3. The summed E-state index contributed by atoms with van der Waals surface area (Å²) in [5.74, 6) is 1.47. The third-order valence-electron chi connectivity index (χ3n) is 4.05. The maximum Gasteiger partial charge on any atom is 0.236 e. The van der Waals surface area contributed by atoms with Crippen molar-refractivity contribution in [3.63, 3.8) is 0 Å². The fourth-order valence-corrected chi connectivity index (χ4v) is 2.86. The number of hydrogen-bond donors (Lipinski definition) is 0. The molecular formula is C17H19ClN4O2. The van der Waals surface area contributed by atoms with Gasteiger partial charge >= 0.3 is 0 Å². The summed E-state index contributed by atoms with van der Waals surface area (Å²) in [7, 11) is 0. The lowest BCUT2D eigenvalue weighted by atomic mass is 10.3. The number of piperazine rings is 1. The minimum Gasteiger partial charge on any atom is -0.482 e. The molecule has 1 aliphatic rings. The Bertz CT molecular complexity index is 732. The number of benzene rings is 1. The van der Waals surface area contributed by atoms with E-state index in [1.807, 2.05) is 12.1 Å². The van der Waals surface area contributed by atoms with E-state index in [4.69, 9.17) is 20.8 Å². The number of nitriles is 1. The zero-order chi connectivity index (χ0) is 16.9. The van der Waals surface area contributed by atoms with Crippen LogP contribution >= 0.6 is 11.6 Å². The summed E-state index contributed by atoms with van der Waals surface area (Å²) in [4.78, 5) is 8.66. The Kier molecular flexibility index (Phi) is 5.24. The number of hydrogen-bond acceptors (Lipinski definition) is 6. The van der Waals surface area contributed by atoms with Crippen LogP contribution in [0.5, 0.6) is 5.75 Å². The van der Waals surface area contributed by atoms with Crippen molar-refractivity contribution in [3.8, 4) is 11.8 Å². The van der Waals surface area contributed by atoms with Crippen molar-refractivity contribution in [2.75, 3.05) is 37.6 Å². The highest BCUT2D eigenvalue weighted by molar-refractivity contribution is 6.32. The molecule has 0 saturated carbocycles. The van der Waals surface area contributed by atoms with Crippen molar-refractivity contribution in [2.24, 2.45) is 0 Å². The Morgan fingerprint density at radius 3 is 2.71 bits per heavy atom. The molecule has 0 spiro atoms. The average Bonchev–Trinajstić information content (AvgIpc) is 3.04. The Balaban J connectivity index is 1.69. The molecule has 0 atom stereocenters. The lowest BCUT2D eigenvalue weighted by Crippen LogP contribution is -2.46. The van der Waals surface area contributed by atoms with Crippen LogP contribution in [-0.4, -0.2) is 42.6 Å². The minimum absolute atomic E-state index is 0.132. The van der Waals surface area contributed by atoms with Gasteiger partial charge in [-0.15, -0.1) is 0 Å². The number of anilines is 1. The molecule has 1 fully saturated rings. The molecule has 126 valence electrons. The number of oxazole rings is 1. The molecule has 7 heteroatoms. The van der Waals surface area contributed by atoms with Gasteiger partial charge in [-0.05, 0) is 18.7 Å². The molecule has 2 heterocycles. The molecule has 3 rings (SSSR count). The van der Waals surface area contributed by atoms with Crippen LogP contribution in [-0.2, 0) is 6.61 Å². The van der Waals surface area contributed by atoms with Crippen molar-refractivity contribution in [2.45, 2.75) is 13.5 Å². The summed E-state index contributed by atoms with van der Waals surface area (Å²) >= 11 is 6.06. The number of likely N-dealkylation sites (N-methyl/N-ethyl adjacent to an activating group) is 1. The Hall–Kier alpha value is -2.23. The molecule has 0 bridgehead atoms. The highest BCUT2D eigenvalue weighted by Crippen LogP contribution is 2.26. The monoisotopic (exact) mass is 346 g/mol. The van der Waals surface area contributed by atoms with Gasteiger partial charge in [-0.25, -0.2) is 0 Å². The molecule has 0 N–H and O–H groups in total. The molecule has 1 aliphatic heterocycles. The third kappa shape index (κ3) is 3.64. The van der Waals surface area contributed by atoms with Crippen LogP contribution in [0.15, 0.2) is 28.7 Å². The number of aromatic nitrogens is 1. The van der Waals surface area contributed by atoms with E-state index in [0.717, 1.165) is 32.7 Å². The molecule has 1 aromatic carbocycles. The van der Waals surface area contributed by atoms with Crippen LogP contribution < -0.4 is 9.64 Å². The van der Waals surface area contributed by atoms with E-state index >= 15 is 0 Å². The van der Waals surface area contributed by atoms with Crippen LogP contribution in [0.25, 0.3) is 0 Å². The van der Waals surface area contributed by atoms with Crippen LogP contribution in [0.1, 0.15) is 18.5 Å². The van der Waals surface area contributed by atoms with Gasteiger partial charge < -0.3 is 19.0 Å². The number of nitrogens with zero attached hydrogens (tertiary/aromatic N) is 4. The average molecular weight is 347 g/mol. The molecule has 0 unspecified atom stereocenters. The second kappa shape index (κ2) is 7.56. The number of ether oxygens (including phenoxy) is 1. The Morgan fingerprint density at radius 1 is 1.29 bits per heavy atom. The highest BCUT2D eigenvalue weighted by Gasteiger charge is 2.23. The second-order valence-electron chi connectivity index (χ2n) is 5.51. The third-order valence-corrected chi connectivity index (χ3v) is 4.37. The molecule has 6 nitrogen and oxygen atoms in total. The molecule has 24 heavy (non-hydrogen) atoms. The van der Waals surface area contributed by atoms with Crippen molar-refractivity contribution in [1.29, 1.82) is 5.26 Å². The molecule has 1 saturated heterocycles. The fraction of sp³-hybridized carbons (Fsp3) is 0.412. The summed E-state index contributed by atoms with van der Waals surface area (Å²) in [6.45, 7) is 6.86. The zero-order valence-corrected chi connectivity index (χ0v) is 14.3. The smallest absolute Gasteiger partial charge is 0.236 e. The molecule has 0 aliphatic carbocycles. The van der Waals surface area contributed by atoms with Crippen molar-refractivity contribution >= 4 is 17.5 Å². The summed E-state index contributed by atoms with van der Waals surface area (Å²) in [6.07, 6.45) is 0. The first-order chi connectivity index (χ1) is 11.7. The minimum atomic E-state index is 0.132. The van der Waals surface area contributed by atoms with E-state index in [1.54, 1.807) is 12.1 Å². The first-order valence-electron chi connectivity index (χ1n) is 7.95. The fourth-order valence-electron chi connectivity index (χ4n) is 2.67. The summed E-state index contributed by atoms with van der Waals surface area (Å²) in [5.41, 5.74) is 0.303. The summed E-state index contributed by atoms with van der Waals surface area (Å²) in [5, 5.41) is 9.85. The van der Waals surface area contributed by atoms with Gasteiger partial charge in [-0.3, -0.25) is 0 Å². The van der Waals surface area contributed by atoms with Gasteiger partial charge in [0.05, 0.1) is 5.02 Å². The van der Waals surface area contributed by atoms with Crippen molar-refractivity contribution in [1.82, 2.24) is 9.88 Å². The van der Waals surface area contributed by atoms with Crippen molar-refractivity contribution < 1.29 is 9.15 Å². The van der Waals surface area contributed by atoms with Crippen LogP contribution in [0.4, 0.5) is 5.88 Å². The van der Waals surface area contributed by atoms with Gasteiger partial charge in [0.1, 0.15) is 11.8 Å². The maximum atomic E-state index is 9.32. The molecule has 0 radical (unpaired) electrons. The van der Waals surface area contributed by atoms with E-state index in [2.05, 4.69) is 27.8 Å². The van der Waals surface area contributed by atoms with E-state index in [0.29, 0.717) is 28.2 Å². The summed E-state index contributed by atoms with van der Waals surface area (Å²) < 4.78 is 11.4. The van der Waals surface area contributed by atoms with E-state index in [1.165, 1.54) is 0 Å². The van der Waals surface area contributed by atoms with Gasteiger partial charge in [0, 0.05) is 26.2 Å². The van der Waals surface area contributed by atoms with Gasteiger partial charge in [-0.1, -0.05) is 30.7 Å². The maximum absolute atomic E-state index is 9.32. The van der Waals surface area contributed by atoms with Crippen LogP contribution in [0.3, 0.4) is 0 Å². The number of para-hydroxylation sites is 1. The topological polar surface area (TPSA) is 65.5 Å². The van der Waals surface area contributed by atoms with E-state index < -0.39 is 0 Å². The van der Waals surface area contributed by atoms with Gasteiger partial charge in [-0.2, -0.15) is 10.2 Å². The number of halogens is 1. The van der Waals surface area contributed by atoms with Crippen LogP contribution in [0.2, 0.25) is 5.02 Å². The standard InChI is InChI=1S/C17H19ClN4O2/c1-2-21-7-9-22(10-8-21)17-14(11-19)20-16(24-17)12-23-15-6-4-3-5-13(15)18/h3-6H,2,7-10,12H2,1H3. The lowest BCUT2D eigenvalue weighted by molar-refractivity contribution is 0.252. The van der Waals surface area contributed by atoms with Crippen LogP contribution in [0, 0.1) is 11.3 Å². The Labute approximate surface area is 146 Å². The van der Waals surface area contributed by atoms with Gasteiger partial charge in [0.2, 0.25) is 17.5 Å². The predicted octanol–water partition coefficient (Wildman–Crippen LogP) is 2.92. The molecule has 1 aromatic heterocycles. The lowest BCUT2D eigenvalue weighted by Gasteiger charge is -2.33. The zero-order valence-electron chi connectivity index (χ0n) is 13.5. The molecule has 0 amide bonds. The summed E-state index contributed by atoms with van der Waals surface area (Å²) in [6, 6.07) is 9.32. The van der Waals surface area contributed by atoms with Gasteiger partial charge in [0.25, 0.3) is 0 Å². The number of rotatable bonds is 5. The van der Waals surface area contributed by atoms with E-state index in [9.17, 15) is 5.26 Å². The second-order valence-corrected chi connectivity index (χ2v) is 5.92. The molecule has 2 aromatic rings. The quantitative estimate of drug-likeness (QED) is 0.829. The first-order valence-corrected chi connectivity index (χ1v) is 8.33. The SMILES string of the molecule is CCN1CCN(c2oc(COc3ccccc3Cl)nc2C#N)CC1. The van der Waals surface area contributed by atoms with Crippen molar-refractivity contribution in [3.05, 3.63) is 40.9 Å². The largest absolute Gasteiger partial charge is 0.482 e. The predicted molar refractivity (Wildman–Crippen MR) is 91.3 cm³/mol. The van der Waals surface area contributed by atoms with Gasteiger partial charge in [0.15, 0.2) is 6.61 Å². The molecular weight excluding hydrogens is 328 g/mol. The highest BCUT2D eigenvalue weighted by atomic mass is 35.5. The Morgan fingerprint density at radius 2 is 2.04 bits per heavy atom. The van der Waals surface area contributed by atoms with E-state index in [-0.39, 0.29) is 6.61 Å².